The highest BCUT2D eigenvalue weighted by Crippen LogP contribution is 2.18. The molecule has 116 valence electrons. The maximum atomic E-state index is 11.5. The van der Waals surface area contributed by atoms with Crippen LogP contribution < -0.4 is 10.1 Å². The smallest absolute Gasteiger partial charge is 0.163 e. The van der Waals surface area contributed by atoms with Crippen molar-refractivity contribution < 1.29 is 9.53 Å². The molecule has 0 amide bonds. The fraction of sp³-hybridized carbons (Fsp3) is 0.588. The van der Waals surface area contributed by atoms with Crippen LogP contribution >= 0.6 is 0 Å². The van der Waals surface area contributed by atoms with Crippen molar-refractivity contribution in [1.29, 1.82) is 0 Å². The summed E-state index contributed by atoms with van der Waals surface area (Å²) in [6.45, 7) is 5.24. The lowest BCUT2D eigenvalue weighted by Gasteiger charge is -2.28. The summed E-state index contributed by atoms with van der Waals surface area (Å²) in [6.07, 6.45) is 3.89. The van der Waals surface area contributed by atoms with E-state index in [4.69, 9.17) is 4.74 Å². The fourth-order valence-corrected chi connectivity index (χ4v) is 2.74. The molecule has 2 rings (SSSR count). The van der Waals surface area contributed by atoms with Crippen LogP contribution in [0.3, 0.4) is 0 Å². The number of carbonyl (C=O) groups excluding carboxylic acids is 1. The van der Waals surface area contributed by atoms with Crippen LogP contribution in [0.2, 0.25) is 0 Å². The maximum Gasteiger partial charge on any atom is 0.163 e. The van der Waals surface area contributed by atoms with E-state index in [1.807, 2.05) is 24.3 Å². The highest BCUT2D eigenvalue weighted by Gasteiger charge is 2.14. The minimum Gasteiger partial charge on any atom is -0.491 e. The molecule has 0 bridgehead atoms. The van der Waals surface area contributed by atoms with Crippen molar-refractivity contribution in [3.05, 3.63) is 29.8 Å². The number of rotatable bonds is 7. The minimum absolute atomic E-state index is 0.0466. The molecular weight excluding hydrogens is 264 g/mol. The monoisotopic (exact) mass is 290 g/mol. The van der Waals surface area contributed by atoms with Crippen LogP contribution in [0.4, 0.5) is 0 Å². The van der Waals surface area contributed by atoms with Crippen LogP contribution in [0.25, 0.3) is 0 Å². The molecule has 0 aliphatic carbocycles. The van der Waals surface area contributed by atoms with Gasteiger partial charge in [-0.25, -0.2) is 0 Å². The number of carbonyl (C=O) groups is 1. The quantitative estimate of drug-likeness (QED) is 0.783. The van der Waals surface area contributed by atoms with Gasteiger partial charge < -0.3 is 15.0 Å². The predicted octanol–water partition coefficient (Wildman–Crippen LogP) is 2.34. The van der Waals surface area contributed by atoms with Crippen molar-refractivity contribution in [3.8, 4) is 5.75 Å². The molecule has 1 unspecified atom stereocenters. The van der Waals surface area contributed by atoms with Crippen molar-refractivity contribution in [2.24, 2.45) is 0 Å². The van der Waals surface area contributed by atoms with E-state index < -0.39 is 0 Å². The number of Topliss-reactive ketones (excluding diaryl/α,β-unsaturated/α-hetero) is 1. The maximum absolute atomic E-state index is 11.5. The van der Waals surface area contributed by atoms with Crippen LogP contribution in [0.5, 0.6) is 5.75 Å². The molecule has 1 aliphatic heterocycles. The first-order valence-electron chi connectivity index (χ1n) is 7.81. The minimum atomic E-state index is 0.0466. The number of ether oxygens (including phenoxy) is 1. The van der Waals surface area contributed by atoms with Gasteiger partial charge in [0.05, 0.1) is 5.56 Å². The first-order chi connectivity index (χ1) is 10.2. The van der Waals surface area contributed by atoms with Gasteiger partial charge in [0.25, 0.3) is 0 Å². The van der Waals surface area contributed by atoms with Gasteiger partial charge in [-0.05, 0) is 45.5 Å². The van der Waals surface area contributed by atoms with E-state index in [2.05, 4.69) is 17.3 Å². The Morgan fingerprint density at radius 1 is 1.38 bits per heavy atom. The van der Waals surface area contributed by atoms with Crippen LogP contribution in [0, 0.1) is 0 Å². The second kappa shape index (κ2) is 8.15. The summed E-state index contributed by atoms with van der Waals surface area (Å²) >= 11 is 0. The zero-order chi connectivity index (χ0) is 15.1. The average molecular weight is 290 g/mol. The molecule has 1 aromatic rings. The second-order valence-corrected chi connectivity index (χ2v) is 5.81. The third kappa shape index (κ3) is 5.14. The molecule has 0 radical (unpaired) electrons. The van der Waals surface area contributed by atoms with Crippen LogP contribution in [0.1, 0.15) is 36.5 Å². The Hall–Kier alpha value is -1.39. The van der Waals surface area contributed by atoms with E-state index in [9.17, 15) is 4.79 Å². The van der Waals surface area contributed by atoms with Crippen molar-refractivity contribution >= 4 is 5.78 Å². The summed E-state index contributed by atoms with van der Waals surface area (Å²) in [7, 11) is 2.12. The highest BCUT2D eigenvalue weighted by molar-refractivity contribution is 5.96. The SMILES string of the molecule is CC(=O)c1ccccc1OCCN(C)CC1CCCCN1. The molecule has 0 aromatic heterocycles. The van der Waals surface area contributed by atoms with Gasteiger partial charge in [-0.1, -0.05) is 18.6 Å². The zero-order valence-corrected chi connectivity index (χ0v) is 13.1. The molecule has 4 heteroatoms. The van der Waals surface area contributed by atoms with Gasteiger partial charge in [-0.2, -0.15) is 0 Å². The van der Waals surface area contributed by atoms with Gasteiger partial charge in [-0.3, -0.25) is 4.79 Å². The summed E-state index contributed by atoms with van der Waals surface area (Å²) in [6, 6.07) is 8.04. The molecule has 0 saturated carbocycles. The Bertz CT molecular complexity index is 456. The molecule has 1 fully saturated rings. The van der Waals surface area contributed by atoms with Gasteiger partial charge in [0.2, 0.25) is 0 Å². The van der Waals surface area contributed by atoms with E-state index in [0.29, 0.717) is 24.0 Å². The first kappa shape index (κ1) is 16.0. The average Bonchev–Trinajstić information content (AvgIpc) is 2.48. The Morgan fingerprint density at radius 2 is 2.19 bits per heavy atom. The number of hydrogen-bond donors (Lipinski definition) is 1. The van der Waals surface area contributed by atoms with E-state index >= 15 is 0 Å². The molecule has 1 N–H and O–H groups in total. The Balaban J connectivity index is 1.74. The summed E-state index contributed by atoms with van der Waals surface area (Å²) in [5.74, 6) is 0.736. The van der Waals surface area contributed by atoms with E-state index in [1.54, 1.807) is 6.92 Å². The Kier molecular flexibility index (Phi) is 6.21. The summed E-state index contributed by atoms with van der Waals surface area (Å²) < 4.78 is 5.78. The molecule has 1 heterocycles. The third-order valence-corrected chi connectivity index (χ3v) is 3.94. The van der Waals surface area contributed by atoms with Gasteiger partial charge in [-0.15, -0.1) is 0 Å². The highest BCUT2D eigenvalue weighted by atomic mass is 16.5. The molecule has 1 aromatic carbocycles. The fourth-order valence-electron chi connectivity index (χ4n) is 2.74. The van der Waals surface area contributed by atoms with Gasteiger partial charge in [0.15, 0.2) is 5.78 Å². The Morgan fingerprint density at radius 3 is 2.90 bits per heavy atom. The number of benzene rings is 1. The van der Waals surface area contributed by atoms with Gasteiger partial charge in [0.1, 0.15) is 12.4 Å². The number of likely N-dealkylation sites (N-methyl/N-ethyl adjacent to an activating group) is 1. The van der Waals surface area contributed by atoms with E-state index in [-0.39, 0.29) is 5.78 Å². The predicted molar refractivity (Wildman–Crippen MR) is 85.1 cm³/mol. The normalized spacial score (nSPS) is 18.7. The van der Waals surface area contributed by atoms with E-state index in [1.165, 1.54) is 19.3 Å². The summed E-state index contributed by atoms with van der Waals surface area (Å²) in [5.41, 5.74) is 0.661. The topological polar surface area (TPSA) is 41.6 Å². The van der Waals surface area contributed by atoms with Crippen molar-refractivity contribution in [1.82, 2.24) is 10.2 Å². The van der Waals surface area contributed by atoms with Crippen molar-refractivity contribution in [3.63, 3.8) is 0 Å². The molecule has 0 spiro atoms. The molecule has 1 atom stereocenters. The number of nitrogens with zero attached hydrogens (tertiary/aromatic N) is 1. The molecule has 1 aliphatic rings. The molecule has 1 saturated heterocycles. The summed E-state index contributed by atoms with van der Waals surface area (Å²) in [4.78, 5) is 13.8. The second-order valence-electron chi connectivity index (χ2n) is 5.81. The van der Waals surface area contributed by atoms with Crippen molar-refractivity contribution in [2.45, 2.75) is 32.2 Å². The van der Waals surface area contributed by atoms with E-state index in [0.717, 1.165) is 19.6 Å². The van der Waals surface area contributed by atoms with Gasteiger partial charge >= 0.3 is 0 Å². The number of hydrogen-bond acceptors (Lipinski definition) is 4. The standard InChI is InChI=1S/C17H26N2O2/c1-14(20)16-8-3-4-9-17(16)21-12-11-19(2)13-15-7-5-6-10-18-15/h3-4,8-9,15,18H,5-7,10-13H2,1-2H3. The lowest BCUT2D eigenvalue weighted by atomic mass is 10.0. The van der Waals surface area contributed by atoms with Crippen LogP contribution in [0.15, 0.2) is 24.3 Å². The Labute approximate surface area is 127 Å². The first-order valence-corrected chi connectivity index (χ1v) is 7.81. The van der Waals surface area contributed by atoms with Crippen molar-refractivity contribution in [2.75, 3.05) is 33.3 Å². The largest absolute Gasteiger partial charge is 0.491 e. The molecule has 21 heavy (non-hydrogen) atoms. The number of para-hydroxylation sites is 1. The van der Waals surface area contributed by atoms with Gasteiger partial charge in [0, 0.05) is 19.1 Å². The third-order valence-electron chi connectivity index (χ3n) is 3.94. The lowest BCUT2D eigenvalue weighted by Crippen LogP contribution is -2.43. The lowest BCUT2D eigenvalue weighted by molar-refractivity contribution is 0.101. The summed E-state index contributed by atoms with van der Waals surface area (Å²) in [5, 5.41) is 3.56. The van der Waals surface area contributed by atoms with Crippen LogP contribution in [-0.2, 0) is 0 Å². The number of nitrogens with one attached hydrogen (secondary N) is 1. The molecule has 4 nitrogen and oxygen atoms in total. The zero-order valence-electron chi connectivity index (χ0n) is 13.1. The van der Waals surface area contributed by atoms with Crippen LogP contribution in [-0.4, -0.2) is 50.0 Å². The number of piperidine rings is 1. The number of ketones is 1. The molecular formula is C17H26N2O2.